The smallest absolute Gasteiger partial charge is 0.257 e. The fraction of sp³-hybridized carbons (Fsp3) is 0.160. The number of anilines is 2. The lowest BCUT2D eigenvalue weighted by molar-refractivity contribution is -0.122. The Morgan fingerprint density at radius 2 is 1.76 bits per heavy atom. The van der Waals surface area contributed by atoms with Crippen molar-refractivity contribution < 1.29 is 23.5 Å². The molecule has 34 heavy (non-hydrogen) atoms. The van der Waals surface area contributed by atoms with Gasteiger partial charge in [-0.1, -0.05) is 24.3 Å². The Morgan fingerprint density at radius 1 is 1.03 bits per heavy atom. The van der Waals surface area contributed by atoms with E-state index < -0.39 is 17.8 Å². The van der Waals surface area contributed by atoms with Crippen LogP contribution in [0.2, 0.25) is 0 Å². The fourth-order valence-corrected chi connectivity index (χ4v) is 4.31. The summed E-state index contributed by atoms with van der Waals surface area (Å²) in [5.74, 6) is 0.0162. The van der Waals surface area contributed by atoms with Gasteiger partial charge in [-0.3, -0.25) is 9.59 Å². The van der Waals surface area contributed by atoms with Crippen molar-refractivity contribution in [2.75, 3.05) is 17.0 Å². The minimum absolute atomic E-state index is 0.0582. The Balaban J connectivity index is 1.44. The third kappa shape index (κ3) is 4.29. The molecule has 7 nitrogen and oxygen atoms in total. The predicted octanol–water partition coefficient (Wildman–Crippen LogP) is 4.09. The van der Waals surface area contributed by atoms with Crippen molar-refractivity contribution in [3.63, 3.8) is 0 Å². The second kappa shape index (κ2) is 9.11. The van der Waals surface area contributed by atoms with Crippen LogP contribution >= 0.6 is 12.2 Å². The van der Waals surface area contributed by atoms with Gasteiger partial charge in [0.05, 0.1) is 12.1 Å². The third-order valence-electron chi connectivity index (χ3n) is 5.66. The summed E-state index contributed by atoms with van der Waals surface area (Å²) in [7, 11) is 0. The number of amides is 2. The van der Waals surface area contributed by atoms with Crippen molar-refractivity contribution in [3.8, 4) is 11.5 Å². The van der Waals surface area contributed by atoms with Crippen LogP contribution in [0.5, 0.6) is 11.5 Å². The molecule has 0 saturated carbocycles. The Morgan fingerprint density at radius 3 is 2.53 bits per heavy atom. The molecule has 3 aromatic carbocycles. The van der Waals surface area contributed by atoms with Gasteiger partial charge >= 0.3 is 0 Å². The summed E-state index contributed by atoms with van der Waals surface area (Å²) in [6.45, 7) is 0.412. The van der Waals surface area contributed by atoms with E-state index in [9.17, 15) is 14.0 Å². The normalized spacial score (nSPS) is 16.6. The van der Waals surface area contributed by atoms with Crippen molar-refractivity contribution in [2.45, 2.75) is 19.0 Å². The first-order chi connectivity index (χ1) is 16.5. The monoisotopic (exact) mass is 477 g/mol. The second-order valence-corrected chi connectivity index (χ2v) is 8.26. The predicted molar refractivity (Wildman–Crippen MR) is 128 cm³/mol. The number of hydrogen-bond acceptors (Lipinski definition) is 5. The van der Waals surface area contributed by atoms with Crippen LogP contribution in [0.25, 0.3) is 0 Å². The maximum Gasteiger partial charge on any atom is 0.257 e. The zero-order valence-corrected chi connectivity index (χ0v) is 18.8. The van der Waals surface area contributed by atoms with Crippen molar-refractivity contribution >= 4 is 40.5 Å². The molecule has 2 aliphatic rings. The van der Waals surface area contributed by atoms with Crippen LogP contribution in [0.4, 0.5) is 15.8 Å². The first-order valence-electron chi connectivity index (χ1n) is 10.6. The summed E-state index contributed by atoms with van der Waals surface area (Å²) in [6.07, 6.45) is -0.0582. The lowest BCUT2D eigenvalue weighted by atomic mass is 10.1. The Bertz CT molecular complexity index is 1250. The van der Waals surface area contributed by atoms with Gasteiger partial charge in [-0.25, -0.2) is 9.29 Å². The number of carbonyl (C=O) groups is 2. The number of nitrogens with zero attached hydrogens (tertiary/aromatic N) is 2. The molecule has 0 radical (unpaired) electrons. The number of rotatable bonds is 5. The standard InChI is InChI=1S/C25H20FN3O4S/c26-17-7-9-19(10-8-17)29-23(30)13-20(24(29)31)28(25(34)27-18-4-2-1-3-5-18)14-16-6-11-21-22(12-16)33-15-32-21/h1-12,20H,13-15H2,(H,27,34). The molecule has 5 rings (SSSR count). The van der Waals surface area contributed by atoms with E-state index in [1.807, 2.05) is 42.5 Å². The van der Waals surface area contributed by atoms with E-state index in [1.54, 1.807) is 11.0 Å². The van der Waals surface area contributed by atoms with Crippen LogP contribution in [0.15, 0.2) is 72.8 Å². The Hall–Kier alpha value is -3.98. The zero-order chi connectivity index (χ0) is 23.7. The van der Waals surface area contributed by atoms with E-state index in [1.165, 1.54) is 24.3 Å². The Labute approximate surface area is 200 Å². The van der Waals surface area contributed by atoms with Gasteiger partial charge in [0.2, 0.25) is 12.7 Å². The van der Waals surface area contributed by atoms with E-state index >= 15 is 0 Å². The molecule has 2 heterocycles. The van der Waals surface area contributed by atoms with Gasteiger partial charge in [0.1, 0.15) is 11.9 Å². The number of para-hydroxylation sites is 1. The minimum atomic E-state index is -0.827. The molecule has 172 valence electrons. The van der Waals surface area contributed by atoms with Crippen LogP contribution in [0.1, 0.15) is 12.0 Å². The number of carbonyl (C=O) groups excluding carboxylic acids is 2. The average molecular weight is 478 g/mol. The lowest BCUT2D eigenvalue weighted by Gasteiger charge is -2.30. The Kier molecular flexibility index (Phi) is 5.85. The lowest BCUT2D eigenvalue weighted by Crippen LogP contribution is -2.46. The van der Waals surface area contributed by atoms with Gasteiger partial charge in [-0.15, -0.1) is 0 Å². The van der Waals surface area contributed by atoms with Crippen LogP contribution in [-0.4, -0.2) is 34.7 Å². The largest absolute Gasteiger partial charge is 0.454 e. The summed E-state index contributed by atoms with van der Waals surface area (Å²) in [5.41, 5.74) is 1.92. The van der Waals surface area contributed by atoms with Gasteiger partial charge in [0.15, 0.2) is 16.6 Å². The molecule has 1 saturated heterocycles. The van der Waals surface area contributed by atoms with Gasteiger partial charge in [-0.05, 0) is 66.3 Å². The summed E-state index contributed by atoms with van der Waals surface area (Å²) >= 11 is 5.68. The van der Waals surface area contributed by atoms with Gasteiger partial charge in [-0.2, -0.15) is 0 Å². The van der Waals surface area contributed by atoms with Crippen molar-refractivity contribution in [2.24, 2.45) is 0 Å². The molecule has 1 N–H and O–H groups in total. The molecule has 2 aliphatic heterocycles. The van der Waals surface area contributed by atoms with E-state index in [0.717, 1.165) is 16.2 Å². The van der Waals surface area contributed by atoms with Gasteiger partial charge in [0, 0.05) is 12.2 Å². The van der Waals surface area contributed by atoms with Crippen molar-refractivity contribution in [3.05, 3.63) is 84.2 Å². The number of nitrogens with one attached hydrogen (secondary N) is 1. The van der Waals surface area contributed by atoms with Crippen LogP contribution in [0, 0.1) is 5.82 Å². The van der Waals surface area contributed by atoms with Crippen LogP contribution < -0.4 is 19.7 Å². The summed E-state index contributed by atoms with van der Waals surface area (Å²) in [5, 5.41) is 3.46. The quantitative estimate of drug-likeness (QED) is 0.439. The van der Waals surface area contributed by atoms with E-state index in [-0.39, 0.29) is 25.7 Å². The number of imide groups is 1. The van der Waals surface area contributed by atoms with Crippen LogP contribution in [0.3, 0.4) is 0 Å². The number of fused-ring (bicyclic) bond motifs is 1. The highest BCUT2D eigenvalue weighted by Crippen LogP contribution is 2.34. The van der Waals surface area contributed by atoms with Crippen molar-refractivity contribution in [1.29, 1.82) is 0 Å². The molecule has 3 aromatic rings. The first-order valence-corrected chi connectivity index (χ1v) is 11.0. The third-order valence-corrected chi connectivity index (χ3v) is 6.00. The summed E-state index contributed by atoms with van der Waals surface area (Å²) in [4.78, 5) is 29.1. The molecule has 0 aromatic heterocycles. The highest BCUT2D eigenvalue weighted by molar-refractivity contribution is 7.80. The molecule has 2 amide bonds. The molecule has 0 aliphatic carbocycles. The van der Waals surface area contributed by atoms with Crippen LogP contribution in [-0.2, 0) is 16.1 Å². The molecule has 1 atom stereocenters. The fourth-order valence-electron chi connectivity index (χ4n) is 4.00. The summed E-state index contributed by atoms with van der Waals surface area (Å²) < 4.78 is 24.2. The highest BCUT2D eigenvalue weighted by Gasteiger charge is 2.43. The molecule has 0 spiro atoms. The topological polar surface area (TPSA) is 71.1 Å². The molecule has 0 bridgehead atoms. The summed E-state index contributed by atoms with van der Waals surface area (Å²) in [6, 6.07) is 19.3. The zero-order valence-electron chi connectivity index (χ0n) is 17.9. The number of thiocarbonyl (C=S) groups is 1. The number of halogens is 1. The molecule has 9 heteroatoms. The maximum absolute atomic E-state index is 13.4. The maximum atomic E-state index is 13.4. The molecule has 1 unspecified atom stereocenters. The molecular formula is C25H20FN3O4S. The minimum Gasteiger partial charge on any atom is -0.454 e. The van der Waals surface area contributed by atoms with Gasteiger partial charge < -0.3 is 19.7 Å². The first kappa shape index (κ1) is 21.8. The molecular weight excluding hydrogens is 457 g/mol. The second-order valence-electron chi connectivity index (χ2n) is 7.88. The average Bonchev–Trinajstić information content (AvgIpc) is 3.42. The number of ether oxygens (including phenoxy) is 2. The number of benzene rings is 3. The van der Waals surface area contributed by atoms with E-state index in [4.69, 9.17) is 21.7 Å². The number of hydrogen-bond donors (Lipinski definition) is 1. The van der Waals surface area contributed by atoms with Gasteiger partial charge in [0.25, 0.3) is 5.91 Å². The van der Waals surface area contributed by atoms with E-state index in [2.05, 4.69) is 5.32 Å². The highest BCUT2D eigenvalue weighted by atomic mass is 32.1. The van der Waals surface area contributed by atoms with E-state index in [0.29, 0.717) is 22.3 Å². The molecule has 1 fully saturated rings. The van der Waals surface area contributed by atoms with Crippen molar-refractivity contribution in [1.82, 2.24) is 4.90 Å². The SMILES string of the molecule is O=C1CC(N(Cc2ccc3c(c2)OCO3)C(=S)Nc2ccccc2)C(=O)N1c1ccc(F)cc1.